The third kappa shape index (κ3) is 3.81. The Morgan fingerprint density at radius 3 is 2.55 bits per heavy atom. The average Bonchev–Trinajstić information content (AvgIpc) is 2.34. The smallest absolute Gasteiger partial charge is 0.271 e. The molecular weight excluding hydrogens is 312 g/mol. The zero-order valence-electron chi connectivity index (χ0n) is 10.5. The van der Waals surface area contributed by atoms with E-state index < -0.39 is 37.1 Å². The van der Waals surface area contributed by atoms with Gasteiger partial charge < -0.3 is 10.1 Å². The highest BCUT2D eigenvalue weighted by molar-refractivity contribution is 8.13. The lowest BCUT2D eigenvalue weighted by atomic mass is 10.2. The van der Waals surface area contributed by atoms with Crippen LogP contribution in [0, 0.1) is 17.0 Å². The summed E-state index contributed by atoms with van der Waals surface area (Å²) in [5, 5.41) is 13.0. The molecule has 1 aromatic rings. The average molecular weight is 323 g/mol. The molecule has 0 radical (unpaired) electrons. The molecule has 0 atom stereocenters. The summed E-state index contributed by atoms with van der Waals surface area (Å²) in [7, 11) is 2.36. The molecule has 0 spiro atoms. The minimum atomic E-state index is -4.26. The van der Waals surface area contributed by atoms with Gasteiger partial charge in [-0.3, -0.25) is 14.9 Å². The van der Waals surface area contributed by atoms with Crippen LogP contribution in [0.4, 0.5) is 5.69 Å². The molecule has 0 fully saturated rings. The normalized spacial score (nSPS) is 10.9. The lowest BCUT2D eigenvalue weighted by molar-refractivity contribution is -0.385. The Bertz CT molecular complexity index is 658. The predicted octanol–water partition coefficient (Wildman–Crippen LogP) is 0.956. The number of hydrogen-bond donors (Lipinski definition) is 1. The number of non-ortho nitro benzene ring substituents is 1. The van der Waals surface area contributed by atoms with Gasteiger partial charge in [0, 0.05) is 29.9 Å². The lowest BCUT2D eigenvalue weighted by Crippen LogP contribution is -2.25. The Morgan fingerprint density at radius 2 is 2.10 bits per heavy atom. The number of nitro groups is 1. The third-order valence-corrected chi connectivity index (χ3v) is 3.65. The number of nitro benzene ring substituents is 1. The highest BCUT2D eigenvalue weighted by atomic mass is 35.7. The van der Waals surface area contributed by atoms with Crippen LogP contribution >= 0.6 is 10.7 Å². The van der Waals surface area contributed by atoms with Crippen LogP contribution in [0.25, 0.3) is 0 Å². The number of likely N-dealkylation sites (N-methyl/N-ethyl adjacent to an activating group) is 1. The minimum absolute atomic E-state index is 0.183. The number of ether oxygens (including phenoxy) is 1. The van der Waals surface area contributed by atoms with Crippen molar-refractivity contribution in [1.82, 2.24) is 5.32 Å². The van der Waals surface area contributed by atoms with Gasteiger partial charge in [-0.25, -0.2) is 8.42 Å². The molecule has 0 aliphatic carbocycles. The molecule has 1 amide bonds. The van der Waals surface area contributed by atoms with E-state index in [4.69, 9.17) is 15.4 Å². The molecule has 0 aromatic heterocycles. The summed E-state index contributed by atoms with van der Waals surface area (Å²) >= 11 is 0. The zero-order valence-corrected chi connectivity index (χ0v) is 12.1. The van der Waals surface area contributed by atoms with Gasteiger partial charge in [0.1, 0.15) is 10.6 Å². The summed E-state index contributed by atoms with van der Waals surface area (Å²) in [6.45, 7) is 0.978. The van der Waals surface area contributed by atoms with Crippen molar-refractivity contribution in [3.05, 3.63) is 27.8 Å². The quantitative estimate of drug-likeness (QED) is 0.490. The van der Waals surface area contributed by atoms with Crippen LogP contribution < -0.4 is 10.1 Å². The monoisotopic (exact) mass is 322 g/mol. The van der Waals surface area contributed by atoms with Gasteiger partial charge in [0.2, 0.25) is 0 Å². The summed E-state index contributed by atoms with van der Waals surface area (Å²) in [6.07, 6.45) is 0. The molecule has 1 N–H and O–H groups in total. The molecule has 110 valence electrons. The topological polar surface area (TPSA) is 116 Å². The Balaban J connectivity index is 3.35. The molecule has 1 rings (SSSR count). The van der Waals surface area contributed by atoms with Crippen LogP contribution in [0.15, 0.2) is 17.0 Å². The van der Waals surface area contributed by atoms with Crippen LogP contribution in [0.5, 0.6) is 5.75 Å². The van der Waals surface area contributed by atoms with E-state index in [9.17, 15) is 23.3 Å². The number of nitrogens with one attached hydrogen (secondary N) is 1. The maximum absolute atomic E-state index is 11.5. The number of benzene rings is 1. The summed E-state index contributed by atoms with van der Waals surface area (Å²) in [5.41, 5.74) is -0.253. The molecule has 10 heteroatoms. The molecule has 0 heterocycles. The van der Waals surface area contributed by atoms with Crippen LogP contribution in [-0.4, -0.2) is 32.9 Å². The van der Waals surface area contributed by atoms with Crippen molar-refractivity contribution in [2.75, 3.05) is 13.7 Å². The van der Waals surface area contributed by atoms with Gasteiger partial charge in [-0.05, 0) is 12.5 Å². The van der Waals surface area contributed by atoms with E-state index in [1.165, 1.54) is 14.0 Å². The highest BCUT2D eigenvalue weighted by Gasteiger charge is 2.24. The van der Waals surface area contributed by atoms with Gasteiger partial charge in [0.25, 0.3) is 20.6 Å². The first kappa shape index (κ1) is 16.2. The van der Waals surface area contributed by atoms with Crippen LogP contribution in [0.3, 0.4) is 0 Å². The van der Waals surface area contributed by atoms with Crippen LogP contribution in [0.2, 0.25) is 0 Å². The molecular formula is C10H11ClN2O6S. The molecule has 0 saturated carbocycles. The van der Waals surface area contributed by atoms with E-state index in [1.807, 2.05) is 0 Å². The summed E-state index contributed by atoms with van der Waals surface area (Å²) in [6, 6.07) is 1.92. The van der Waals surface area contributed by atoms with Crippen molar-refractivity contribution >= 4 is 31.3 Å². The van der Waals surface area contributed by atoms with E-state index in [-0.39, 0.29) is 11.3 Å². The molecule has 20 heavy (non-hydrogen) atoms. The first-order chi connectivity index (χ1) is 9.16. The fraction of sp³-hybridized carbons (Fsp3) is 0.300. The van der Waals surface area contributed by atoms with E-state index in [0.29, 0.717) is 0 Å². The van der Waals surface area contributed by atoms with Crippen LogP contribution in [0.1, 0.15) is 5.56 Å². The molecule has 8 nitrogen and oxygen atoms in total. The lowest BCUT2D eigenvalue weighted by Gasteiger charge is -2.11. The Kier molecular flexibility index (Phi) is 4.90. The van der Waals surface area contributed by atoms with Gasteiger partial charge in [-0.1, -0.05) is 0 Å². The number of hydrogen-bond acceptors (Lipinski definition) is 6. The Hall–Kier alpha value is -1.87. The molecule has 0 saturated heterocycles. The second-order valence-corrected chi connectivity index (χ2v) is 6.28. The SMILES string of the molecule is CNC(=O)COc1c(C)cc([N+](=O)[O-])cc1S(=O)(=O)Cl. The van der Waals surface area contributed by atoms with E-state index in [2.05, 4.69) is 5.32 Å². The number of carbonyl (C=O) groups excluding carboxylic acids is 1. The van der Waals surface area contributed by atoms with Gasteiger partial charge in [0.15, 0.2) is 6.61 Å². The minimum Gasteiger partial charge on any atom is -0.482 e. The van der Waals surface area contributed by atoms with E-state index >= 15 is 0 Å². The number of nitrogens with zero attached hydrogens (tertiary/aromatic N) is 1. The second kappa shape index (κ2) is 6.06. The third-order valence-electron chi connectivity index (χ3n) is 2.33. The number of carbonyl (C=O) groups is 1. The van der Waals surface area contributed by atoms with Crippen molar-refractivity contribution in [3.8, 4) is 5.75 Å². The number of rotatable bonds is 5. The van der Waals surface area contributed by atoms with Gasteiger partial charge in [-0.2, -0.15) is 0 Å². The second-order valence-electron chi connectivity index (χ2n) is 3.75. The largest absolute Gasteiger partial charge is 0.482 e. The molecule has 0 unspecified atom stereocenters. The molecule has 0 aliphatic rings. The fourth-order valence-corrected chi connectivity index (χ4v) is 2.45. The fourth-order valence-electron chi connectivity index (χ4n) is 1.40. The number of amides is 1. The van der Waals surface area contributed by atoms with Gasteiger partial charge in [0.05, 0.1) is 4.92 Å². The molecule has 0 aliphatic heterocycles. The zero-order chi connectivity index (χ0) is 15.5. The van der Waals surface area contributed by atoms with Crippen molar-refractivity contribution < 1.29 is 22.9 Å². The standard InChI is InChI=1S/C10H11ClN2O6S/c1-6-3-7(13(15)16)4-8(20(11,17)18)10(6)19-5-9(14)12-2/h3-4H,5H2,1-2H3,(H,12,14). The van der Waals surface area contributed by atoms with Crippen LogP contribution in [-0.2, 0) is 13.8 Å². The van der Waals surface area contributed by atoms with Crippen molar-refractivity contribution in [2.45, 2.75) is 11.8 Å². The highest BCUT2D eigenvalue weighted by Crippen LogP contribution is 2.34. The van der Waals surface area contributed by atoms with E-state index in [1.54, 1.807) is 0 Å². The van der Waals surface area contributed by atoms with Gasteiger partial charge in [-0.15, -0.1) is 0 Å². The van der Waals surface area contributed by atoms with E-state index in [0.717, 1.165) is 12.1 Å². The van der Waals surface area contributed by atoms with Crippen molar-refractivity contribution in [1.29, 1.82) is 0 Å². The Morgan fingerprint density at radius 1 is 1.50 bits per heavy atom. The van der Waals surface area contributed by atoms with Crippen molar-refractivity contribution in [2.24, 2.45) is 0 Å². The summed E-state index contributed by atoms with van der Waals surface area (Å²) in [4.78, 5) is 20.5. The molecule has 1 aromatic carbocycles. The maximum Gasteiger partial charge on any atom is 0.271 e. The first-order valence-electron chi connectivity index (χ1n) is 5.24. The van der Waals surface area contributed by atoms with Crippen molar-refractivity contribution in [3.63, 3.8) is 0 Å². The molecule has 0 bridgehead atoms. The Labute approximate surface area is 119 Å². The van der Waals surface area contributed by atoms with Gasteiger partial charge >= 0.3 is 0 Å². The first-order valence-corrected chi connectivity index (χ1v) is 7.55. The number of aryl methyl sites for hydroxylation is 1. The summed E-state index contributed by atoms with van der Waals surface area (Å²) < 4.78 is 28.0. The predicted molar refractivity (Wildman–Crippen MR) is 70.4 cm³/mol. The summed E-state index contributed by atoms with van der Waals surface area (Å²) in [5.74, 6) is -0.671. The number of halogens is 1. The maximum atomic E-state index is 11.5.